The van der Waals surface area contributed by atoms with Crippen LogP contribution >= 0.6 is 0 Å². The molecule has 2 aromatic rings. The third-order valence-corrected chi connectivity index (χ3v) is 3.74. The topological polar surface area (TPSA) is 20.2 Å². The molecule has 110 valence electrons. The van der Waals surface area contributed by atoms with Gasteiger partial charge < -0.3 is 5.11 Å². The van der Waals surface area contributed by atoms with Crippen molar-refractivity contribution in [2.24, 2.45) is 5.92 Å². The molecular weight excluding hydrogens is 263 g/mol. The van der Waals surface area contributed by atoms with Crippen molar-refractivity contribution in [3.63, 3.8) is 0 Å². The van der Waals surface area contributed by atoms with Crippen molar-refractivity contribution in [3.8, 4) is 0 Å². The number of aliphatic hydroxyl groups excluding tert-OH is 1. The fourth-order valence-corrected chi connectivity index (χ4v) is 2.51. The Hall–Kier alpha value is -1.93. The van der Waals surface area contributed by atoms with Gasteiger partial charge in [0.25, 0.3) is 0 Å². The molecule has 0 saturated heterocycles. The number of hydrogen-bond donors (Lipinski definition) is 1. The molecule has 0 aromatic heterocycles. The van der Waals surface area contributed by atoms with E-state index in [1.807, 2.05) is 60.7 Å². The van der Waals surface area contributed by atoms with E-state index in [-0.39, 0.29) is 5.83 Å². The summed E-state index contributed by atoms with van der Waals surface area (Å²) in [5, 5.41) is 10.5. The smallest absolute Gasteiger partial charge is 0.102 e. The fraction of sp³-hybridized carbons (Fsp3) is 0.263. The van der Waals surface area contributed by atoms with E-state index >= 15 is 0 Å². The normalized spacial score (nSPS) is 14.7. The van der Waals surface area contributed by atoms with Crippen LogP contribution in [0.15, 0.2) is 72.6 Å². The van der Waals surface area contributed by atoms with Gasteiger partial charge in [-0.05, 0) is 30.9 Å². The van der Waals surface area contributed by atoms with Gasteiger partial charge in [-0.3, -0.25) is 0 Å². The van der Waals surface area contributed by atoms with Gasteiger partial charge in [0.05, 0.1) is 6.10 Å². The Morgan fingerprint density at radius 2 is 1.62 bits per heavy atom. The highest BCUT2D eigenvalue weighted by Crippen LogP contribution is 2.32. The predicted molar refractivity (Wildman–Crippen MR) is 84.5 cm³/mol. The first-order chi connectivity index (χ1) is 10.2. The number of aryl methyl sites for hydroxylation is 1. The van der Waals surface area contributed by atoms with Crippen LogP contribution < -0.4 is 0 Å². The summed E-state index contributed by atoms with van der Waals surface area (Å²) in [6, 6.07) is 19.3. The van der Waals surface area contributed by atoms with Crippen molar-refractivity contribution in [2.75, 3.05) is 0 Å². The maximum Gasteiger partial charge on any atom is 0.102 e. The van der Waals surface area contributed by atoms with Crippen molar-refractivity contribution in [1.82, 2.24) is 0 Å². The largest absolute Gasteiger partial charge is 0.388 e. The van der Waals surface area contributed by atoms with Gasteiger partial charge >= 0.3 is 0 Å². The van der Waals surface area contributed by atoms with E-state index < -0.39 is 12.0 Å². The summed E-state index contributed by atoms with van der Waals surface area (Å²) < 4.78 is 14.1. The van der Waals surface area contributed by atoms with E-state index in [0.717, 1.165) is 17.5 Å². The number of rotatable bonds is 6. The Bertz CT molecular complexity index is 563. The maximum absolute atomic E-state index is 14.1. The molecule has 0 spiro atoms. The van der Waals surface area contributed by atoms with Crippen LogP contribution in [0.2, 0.25) is 0 Å². The molecule has 0 aliphatic rings. The average Bonchev–Trinajstić information content (AvgIpc) is 2.56. The number of hydrogen-bond acceptors (Lipinski definition) is 1. The van der Waals surface area contributed by atoms with Crippen LogP contribution in [0.1, 0.15) is 30.6 Å². The van der Waals surface area contributed by atoms with Crippen molar-refractivity contribution in [1.29, 1.82) is 0 Å². The molecule has 0 radical (unpaired) electrons. The third-order valence-electron chi connectivity index (χ3n) is 3.74. The van der Waals surface area contributed by atoms with Gasteiger partial charge in [0.2, 0.25) is 0 Å². The highest BCUT2D eigenvalue weighted by molar-refractivity contribution is 5.21. The lowest BCUT2D eigenvalue weighted by atomic mass is 9.89. The minimum absolute atomic E-state index is 0.248. The van der Waals surface area contributed by atoms with Crippen molar-refractivity contribution in [2.45, 2.75) is 25.9 Å². The zero-order valence-corrected chi connectivity index (χ0v) is 12.2. The molecular formula is C19H21FO. The van der Waals surface area contributed by atoms with Gasteiger partial charge in [-0.1, -0.05) is 66.7 Å². The zero-order valence-electron chi connectivity index (χ0n) is 12.2. The van der Waals surface area contributed by atoms with Crippen LogP contribution in [0, 0.1) is 5.92 Å². The molecule has 21 heavy (non-hydrogen) atoms. The molecule has 0 heterocycles. The Labute approximate surface area is 125 Å². The summed E-state index contributed by atoms with van der Waals surface area (Å²) in [7, 11) is 0. The number of aliphatic hydroxyl groups is 1. The molecule has 2 atom stereocenters. The minimum Gasteiger partial charge on any atom is -0.388 e. The van der Waals surface area contributed by atoms with Gasteiger partial charge in [-0.2, -0.15) is 0 Å². The first-order valence-corrected chi connectivity index (χ1v) is 7.31. The molecule has 2 rings (SSSR count). The second kappa shape index (κ2) is 7.75. The Morgan fingerprint density at radius 3 is 2.19 bits per heavy atom. The quantitative estimate of drug-likeness (QED) is 0.804. The molecule has 0 aliphatic carbocycles. The van der Waals surface area contributed by atoms with E-state index in [0.29, 0.717) is 6.42 Å². The molecule has 2 heteroatoms. The van der Waals surface area contributed by atoms with Gasteiger partial charge in [0.1, 0.15) is 5.83 Å². The molecule has 0 amide bonds. The van der Waals surface area contributed by atoms with E-state index in [4.69, 9.17) is 0 Å². The van der Waals surface area contributed by atoms with Crippen molar-refractivity contribution in [3.05, 3.63) is 83.7 Å². The van der Waals surface area contributed by atoms with E-state index in [2.05, 4.69) is 0 Å². The first kappa shape index (κ1) is 15.5. The highest BCUT2D eigenvalue weighted by Gasteiger charge is 2.24. The van der Waals surface area contributed by atoms with Crippen LogP contribution in [0.4, 0.5) is 4.39 Å². The summed E-state index contributed by atoms with van der Waals surface area (Å²) in [5.41, 5.74) is 1.92. The molecule has 0 fully saturated rings. The molecule has 0 unspecified atom stereocenters. The van der Waals surface area contributed by atoms with Crippen LogP contribution in [-0.2, 0) is 6.42 Å². The van der Waals surface area contributed by atoms with Crippen molar-refractivity contribution >= 4 is 0 Å². The van der Waals surface area contributed by atoms with E-state index in [9.17, 15) is 9.50 Å². The minimum atomic E-state index is -0.814. The number of allylic oxidation sites excluding steroid dienone is 1. The predicted octanol–water partition coefficient (Wildman–Crippen LogP) is 4.84. The molecule has 0 bridgehead atoms. The number of benzene rings is 2. The molecule has 0 saturated carbocycles. The number of halogens is 1. The second-order valence-corrected chi connectivity index (χ2v) is 5.16. The van der Waals surface area contributed by atoms with E-state index in [1.54, 1.807) is 6.92 Å². The third kappa shape index (κ3) is 4.27. The Balaban J connectivity index is 2.11. The lowest BCUT2D eigenvalue weighted by Crippen LogP contribution is -2.14. The van der Waals surface area contributed by atoms with Crippen LogP contribution in [0.5, 0.6) is 0 Å². The lowest BCUT2D eigenvalue weighted by Gasteiger charge is -2.22. The van der Waals surface area contributed by atoms with Gasteiger partial charge in [0.15, 0.2) is 0 Å². The molecule has 0 aliphatic heterocycles. The summed E-state index contributed by atoms with van der Waals surface area (Å²) in [5.74, 6) is -0.750. The van der Waals surface area contributed by atoms with Gasteiger partial charge in [0, 0.05) is 5.92 Å². The average molecular weight is 284 g/mol. The monoisotopic (exact) mass is 284 g/mol. The summed E-state index contributed by atoms with van der Waals surface area (Å²) in [6.45, 7) is 1.67. The Morgan fingerprint density at radius 1 is 1.05 bits per heavy atom. The zero-order chi connectivity index (χ0) is 15.1. The molecule has 1 nitrogen and oxygen atoms in total. The van der Waals surface area contributed by atoms with Crippen LogP contribution in [0.25, 0.3) is 0 Å². The first-order valence-electron chi connectivity index (χ1n) is 7.31. The summed E-state index contributed by atoms with van der Waals surface area (Å²) in [6.07, 6.45) is 1.96. The van der Waals surface area contributed by atoms with Crippen LogP contribution in [0.3, 0.4) is 0 Å². The molecule has 1 N–H and O–H groups in total. The van der Waals surface area contributed by atoms with E-state index in [1.165, 1.54) is 6.08 Å². The highest BCUT2D eigenvalue weighted by atomic mass is 19.1. The fourth-order valence-electron chi connectivity index (χ4n) is 2.51. The maximum atomic E-state index is 14.1. The summed E-state index contributed by atoms with van der Waals surface area (Å²) >= 11 is 0. The Kier molecular flexibility index (Phi) is 5.70. The summed E-state index contributed by atoms with van der Waals surface area (Å²) in [4.78, 5) is 0. The lowest BCUT2D eigenvalue weighted by molar-refractivity contribution is 0.109. The SMILES string of the molecule is C/C=C(\F)[C@@H](CCc1ccccc1)[C@@H](O)c1ccccc1. The van der Waals surface area contributed by atoms with Gasteiger partial charge in [-0.25, -0.2) is 4.39 Å². The second-order valence-electron chi connectivity index (χ2n) is 5.16. The standard InChI is InChI=1S/C19H21FO/c1-2-18(20)17(14-13-15-9-5-3-6-10-15)19(21)16-11-7-4-8-12-16/h2-12,17,19,21H,13-14H2,1H3/b18-2-/t17-,19+/m1/s1. The van der Waals surface area contributed by atoms with Crippen LogP contribution in [-0.4, -0.2) is 5.11 Å². The van der Waals surface area contributed by atoms with Crippen molar-refractivity contribution < 1.29 is 9.50 Å². The molecule has 2 aromatic carbocycles. The van der Waals surface area contributed by atoms with Gasteiger partial charge in [-0.15, -0.1) is 0 Å².